The van der Waals surface area contributed by atoms with E-state index in [4.69, 9.17) is 0 Å². The fraction of sp³-hybridized carbons (Fsp3) is 0.357. The third-order valence-electron chi connectivity index (χ3n) is 2.88. The molecule has 2 aromatic rings. The van der Waals surface area contributed by atoms with Crippen molar-refractivity contribution in [1.82, 2.24) is 14.5 Å². The van der Waals surface area contributed by atoms with Crippen LogP contribution in [-0.2, 0) is 13.1 Å². The fourth-order valence-electron chi connectivity index (χ4n) is 1.99. The van der Waals surface area contributed by atoms with E-state index in [9.17, 15) is 5.11 Å². The van der Waals surface area contributed by atoms with Crippen LogP contribution in [0.3, 0.4) is 0 Å². The molecule has 1 aromatic carbocycles. The third-order valence-corrected chi connectivity index (χ3v) is 2.88. The van der Waals surface area contributed by atoms with Crippen LogP contribution in [0.5, 0.6) is 5.75 Å². The number of phenolic OH excluding ortho intramolecular Hbond substituents is 1. The molecule has 0 bridgehead atoms. The number of nitrogens with zero attached hydrogens (tertiary/aromatic N) is 3. The van der Waals surface area contributed by atoms with Crippen molar-refractivity contribution in [3.05, 3.63) is 48.5 Å². The maximum absolute atomic E-state index is 9.40. The van der Waals surface area contributed by atoms with Crippen LogP contribution in [0.2, 0.25) is 0 Å². The third kappa shape index (κ3) is 3.89. The van der Waals surface area contributed by atoms with E-state index in [-0.39, 0.29) is 0 Å². The minimum Gasteiger partial charge on any atom is -0.508 e. The second-order valence-corrected chi connectivity index (χ2v) is 4.56. The maximum Gasteiger partial charge on any atom is 0.115 e. The Balaban J connectivity index is 1.73. The lowest BCUT2D eigenvalue weighted by atomic mass is 10.2. The maximum atomic E-state index is 9.40. The highest BCUT2D eigenvalue weighted by molar-refractivity contribution is 5.26. The summed E-state index contributed by atoms with van der Waals surface area (Å²) in [6, 6.07) is 7.42. The van der Waals surface area contributed by atoms with Crippen LogP contribution < -0.4 is 0 Å². The van der Waals surface area contributed by atoms with E-state index in [1.807, 2.05) is 30.7 Å². The van der Waals surface area contributed by atoms with Crippen LogP contribution in [-0.4, -0.2) is 33.1 Å². The normalized spacial score (nSPS) is 11.0. The largest absolute Gasteiger partial charge is 0.508 e. The van der Waals surface area contributed by atoms with Gasteiger partial charge in [-0.15, -0.1) is 0 Å². The summed E-state index contributed by atoms with van der Waals surface area (Å²) in [4.78, 5) is 6.27. The summed E-state index contributed by atoms with van der Waals surface area (Å²) >= 11 is 0. The molecule has 1 aromatic heterocycles. The van der Waals surface area contributed by atoms with Crippen LogP contribution in [0.25, 0.3) is 0 Å². The van der Waals surface area contributed by atoms with Crippen LogP contribution in [0, 0.1) is 0 Å². The van der Waals surface area contributed by atoms with Crippen molar-refractivity contribution in [2.75, 3.05) is 13.6 Å². The van der Waals surface area contributed by atoms with Crippen molar-refractivity contribution in [1.29, 1.82) is 0 Å². The zero-order valence-electron chi connectivity index (χ0n) is 10.7. The summed E-state index contributed by atoms with van der Waals surface area (Å²) in [5, 5.41) is 9.40. The van der Waals surface area contributed by atoms with Crippen molar-refractivity contribution in [3.8, 4) is 5.75 Å². The molecular weight excluding hydrogens is 226 g/mol. The van der Waals surface area contributed by atoms with E-state index in [0.29, 0.717) is 5.75 Å². The molecule has 0 aliphatic rings. The van der Waals surface area contributed by atoms with E-state index in [2.05, 4.69) is 21.5 Å². The summed E-state index contributed by atoms with van der Waals surface area (Å²) in [5.74, 6) is 0.333. The lowest BCUT2D eigenvalue weighted by molar-refractivity contribution is 0.313. The van der Waals surface area contributed by atoms with Gasteiger partial charge < -0.3 is 14.6 Å². The second kappa shape index (κ2) is 6.21. The van der Waals surface area contributed by atoms with Crippen LogP contribution in [0.15, 0.2) is 43.0 Å². The van der Waals surface area contributed by atoms with Crippen molar-refractivity contribution in [2.24, 2.45) is 0 Å². The summed E-state index contributed by atoms with van der Waals surface area (Å²) in [5.41, 5.74) is 1.14. The Bertz CT molecular complexity index is 468. The Labute approximate surface area is 108 Å². The van der Waals surface area contributed by atoms with Gasteiger partial charge in [0, 0.05) is 25.5 Å². The smallest absolute Gasteiger partial charge is 0.115 e. The van der Waals surface area contributed by atoms with Gasteiger partial charge in [-0.1, -0.05) is 12.1 Å². The Morgan fingerprint density at radius 3 is 3.00 bits per heavy atom. The first kappa shape index (κ1) is 12.6. The molecule has 0 atom stereocenters. The van der Waals surface area contributed by atoms with Gasteiger partial charge in [0.2, 0.25) is 0 Å². The molecule has 0 saturated heterocycles. The number of rotatable bonds is 6. The van der Waals surface area contributed by atoms with Crippen molar-refractivity contribution in [3.63, 3.8) is 0 Å². The summed E-state index contributed by atoms with van der Waals surface area (Å²) in [6.45, 7) is 2.87. The predicted molar refractivity (Wildman–Crippen MR) is 71.3 cm³/mol. The van der Waals surface area contributed by atoms with Gasteiger partial charge in [0.1, 0.15) is 5.75 Å². The van der Waals surface area contributed by atoms with Gasteiger partial charge in [0.25, 0.3) is 0 Å². The minimum absolute atomic E-state index is 0.333. The average molecular weight is 245 g/mol. The van der Waals surface area contributed by atoms with Crippen molar-refractivity contribution < 1.29 is 5.11 Å². The molecule has 4 nitrogen and oxygen atoms in total. The predicted octanol–water partition coefficient (Wildman–Crippen LogP) is 2.11. The quantitative estimate of drug-likeness (QED) is 0.847. The highest BCUT2D eigenvalue weighted by Crippen LogP contribution is 2.12. The van der Waals surface area contributed by atoms with Crippen LogP contribution in [0.4, 0.5) is 0 Å². The molecule has 0 aliphatic carbocycles. The number of aryl methyl sites for hydroxylation is 1. The Hall–Kier alpha value is -1.81. The molecule has 4 heteroatoms. The molecule has 0 aliphatic heterocycles. The molecule has 0 radical (unpaired) electrons. The Morgan fingerprint density at radius 2 is 2.28 bits per heavy atom. The molecular formula is C14H19N3O. The highest BCUT2D eigenvalue weighted by Gasteiger charge is 2.01. The highest BCUT2D eigenvalue weighted by atomic mass is 16.3. The topological polar surface area (TPSA) is 41.3 Å². The van der Waals surface area contributed by atoms with Gasteiger partial charge in [-0.2, -0.15) is 0 Å². The van der Waals surface area contributed by atoms with E-state index >= 15 is 0 Å². The van der Waals surface area contributed by atoms with Crippen molar-refractivity contribution in [2.45, 2.75) is 19.5 Å². The van der Waals surface area contributed by atoms with Gasteiger partial charge in [0.15, 0.2) is 0 Å². The number of phenols is 1. The van der Waals surface area contributed by atoms with Gasteiger partial charge in [-0.05, 0) is 37.7 Å². The molecule has 96 valence electrons. The molecule has 2 rings (SSSR count). The molecule has 1 N–H and O–H groups in total. The standard InChI is InChI=1S/C14H19N3O/c1-16(7-3-8-17-9-6-15-12-17)11-13-4-2-5-14(18)10-13/h2,4-6,9-10,12,18H,3,7-8,11H2,1H3. The van der Waals surface area contributed by atoms with E-state index in [1.54, 1.807) is 12.3 Å². The lowest BCUT2D eigenvalue weighted by Crippen LogP contribution is -2.20. The molecule has 0 fully saturated rings. The van der Waals surface area contributed by atoms with Crippen LogP contribution in [0.1, 0.15) is 12.0 Å². The zero-order chi connectivity index (χ0) is 12.8. The van der Waals surface area contributed by atoms with E-state index in [1.165, 1.54) is 0 Å². The second-order valence-electron chi connectivity index (χ2n) is 4.56. The Kier molecular flexibility index (Phi) is 4.36. The SMILES string of the molecule is CN(CCCn1ccnc1)Cc1cccc(O)c1. The minimum atomic E-state index is 0.333. The first-order valence-corrected chi connectivity index (χ1v) is 6.16. The summed E-state index contributed by atoms with van der Waals surface area (Å²) < 4.78 is 2.09. The van der Waals surface area contributed by atoms with Gasteiger partial charge in [-0.25, -0.2) is 4.98 Å². The van der Waals surface area contributed by atoms with Gasteiger partial charge >= 0.3 is 0 Å². The Morgan fingerprint density at radius 1 is 1.39 bits per heavy atom. The monoisotopic (exact) mass is 245 g/mol. The average Bonchev–Trinajstić information content (AvgIpc) is 2.82. The first-order chi connectivity index (χ1) is 8.74. The fourth-order valence-corrected chi connectivity index (χ4v) is 1.99. The summed E-state index contributed by atoms with van der Waals surface area (Å²) in [6.07, 6.45) is 6.71. The number of hydrogen-bond acceptors (Lipinski definition) is 3. The first-order valence-electron chi connectivity index (χ1n) is 6.16. The summed E-state index contributed by atoms with van der Waals surface area (Å²) in [7, 11) is 2.10. The molecule has 0 saturated carbocycles. The lowest BCUT2D eigenvalue weighted by Gasteiger charge is -2.16. The van der Waals surface area contributed by atoms with Crippen LogP contribution >= 0.6 is 0 Å². The molecule has 1 heterocycles. The number of aromatic nitrogens is 2. The number of hydrogen-bond donors (Lipinski definition) is 1. The van der Waals surface area contributed by atoms with Gasteiger partial charge in [0.05, 0.1) is 6.33 Å². The molecule has 0 amide bonds. The molecule has 0 unspecified atom stereocenters. The zero-order valence-corrected chi connectivity index (χ0v) is 10.7. The number of imidazole rings is 1. The van der Waals surface area contributed by atoms with E-state index < -0.39 is 0 Å². The number of benzene rings is 1. The molecule has 0 spiro atoms. The van der Waals surface area contributed by atoms with E-state index in [0.717, 1.165) is 31.6 Å². The molecule has 18 heavy (non-hydrogen) atoms. The van der Waals surface area contributed by atoms with Gasteiger partial charge in [-0.3, -0.25) is 0 Å². The van der Waals surface area contributed by atoms with Crippen molar-refractivity contribution >= 4 is 0 Å². The number of aromatic hydroxyl groups is 1.